The third kappa shape index (κ3) is 2.04. The average molecular weight is 263 g/mol. The van der Waals surface area contributed by atoms with E-state index in [2.05, 4.69) is 48.8 Å². The fourth-order valence-electron chi connectivity index (χ4n) is 3.20. The molecular formula is C15H21NOS. The summed E-state index contributed by atoms with van der Waals surface area (Å²) in [6.07, 6.45) is 4.09. The number of fused-ring (bicyclic) bond motifs is 2. The van der Waals surface area contributed by atoms with Gasteiger partial charge in [0.25, 0.3) is 0 Å². The van der Waals surface area contributed by atoms with Crippen molar-refractivity contribution in [1.82, 2.24) is 0 Å². The molecule has 0 radical (unpaired) electrons. The molecular weight excluding hydrogens is 242 g/mol. The fraction of sp³-hybridized carbons (Fsp3) is 0.600. The Morgan fingerprint density at radius 1 is 1.33 bits per heavy atom. The van der Waals surface area contributed by atoms with E-state index in [4.69, 9.17) is 4.74 Å². The molecule has 0 amide bonds. The minimum absolute atomic E-state index is 0.458. The molecule has 3 unspecified atom stereocenters. The number of nitrogens with zero attached hydrogens (tertiary/aromatic N) is 1. The van der Waals surface area contributed by atoms with Crippen molar-refractivity contribution in [2.24, 2.45) is 0 Å². The van der Waals surface area contributed by atoms with Crippen molar-refractivity contribution in [3.63, 3.8) is 0 Å². The number of anilines is 1. The maximum atomic E-state index is 5.55. The van der Waals surface area contributed by atoms with Crippen molar-refractivity contribution in [2.75, 3.05) is 19.1 Å². The average Bonchev–Trinajstić information content (AvgIpc) is 2.39. The second kappa shape index (κ2) is 4.78. The summed E-state index contributed by atoms with van der Waals surface area (Å²) in [5.74, 6) is 0. The van der Waals surface area contributed by atoms with E-state index in [-0.39, 0.29) is 0 Å². The molecule has 1 fully saturated rings. The summed E-state index contributed by atoms with van der Waals surface area (Å²) in [5.41, 5.74) is 2.77. The summed E-state index contributed by atoms with van der Waals surface area (Å²) in [6.45, 7) is 2.17. The highest BCUT2D eigenvalue weighted by Gasteiger charge is 2.37. The number of methoxy groups -OCH3 is 1. The number of thioether (sulfide) groups is 1. The van der Waals surface area contributed by atoms with Crippen molar-refractivity contribution in [3.8, 4) is 0 Å². The first-order chi connectivity index (χ1) is 8.69. The highest BCUT2D eigenvalue weighted by Crippen LogP contribution is 2.46. The molecule has 0 spiro atoms. The zero-order chi connectivity index (χ0) is 12.7. The van der Waals surface area contributed by atoms with E-state index in [9.17, 15) is 0 Å². The number of rotatable bonds is 1. The van der Waals surface area contributed by atoms with Crippen LogP contribution in [0.15, 0.2) is 23.1 Å². The summed E-state index contributed by atoms with van der Waals surface area (Å²) in [7, 11) is 4.10. The van der Waals surface area contributed by atoms with Gasteiger partial charge in [-0.2, -0.15) is 0 Å². The summed E-state index contributed by atoms with van der Waals surface area (Å²) in [5, 5.41) is 0.684. The SMILES string of the molecule is COC1CCC2C(C1)Sc1ccc(C)cc1N2C. The van der Waals surface area contributed by atoms with Crippen LogP contribution in [0.5, 0.6) is 0 Å². The number of hydrogen-bond donors (Lipinski definition) is 0. The number of aryl methyl sites for hydroxylation is 1. The molecule has 1 aliphatic heterocycles. The second-order valence-electron chi connectivity index (χ2n) is 5.48. The predicted octanol–water partition coefficient (Wildman–Crippen LogP) is 3.47. The first kappa shape index (κ1) is 12.4. The van der Waals surface area contributed by atoms with Crippen LogP contribution in [0.1, 0.15) is 24.8 Å². The van der Waals surface area contributed by atoms with E-state index >= 15 is 0 Å². The van der Waals surface area contributed by atoms with E-state index in [1.54, 1.807) is 0 Å². The number of hydrogen-bond acceptors (Lipinski definition) is 3. The molecule has 3 rings (SSSR count). The van der Waals surface area contributed by atoms with Gasteiger partial charge in [-0.25, -0.2) is 0 Å². The highest BCUT2D eigenvalue weighted by molar-refractivity contribution is 8.00. The molecule has 3 heteroatoms. The van der Waals surface area contributed by atoms with Gasteiger partial charge in [0.05, 0.1) is 11.8 Å². The minimum atomic E-state index is 0.458. The molecule has 1 aromatic carbocycles. The van der Waals surface area contributed by atoms with Crippen molar-refractivity contribution >= 4 is 17.4 Å². The zero-order valence-electron chi connectivity index (χ0n) is 11.3. The van der Waals surface area contributed by atoms with Gasteiger partial charge < -0.3 is 9.64 Å². The van der Waals surface area contributed by atoms with E-state index in [0.29, 0.717) is 17.4 Å². The fourth-order valence-corrected chi connectivity index (χ4v) is 4.79. The lowest BCUT2D eigenvalue weighted by Crippen LogP contribution is -2.47. The number of ether oxygens (including phenoxy) is 1. The molecule has 1 aliphatic carbocycles. The summed E-state index contributed by atoms with van der Waals surface area (Å²) in [6, 6.07) is 7.49. The van der Waals surface area contributed by atoms with Gasteiger partial charge in [-0.15, -0.1) is 11.8 Å². The molecule has 1 saturated carbocycles. The maximum Gasteiger partial charge on any atom is 0.0583 e. The molecule has 2 aliphatic rings. The smallest absolute Gasteiger partial charge is 0.0583 e. The van der Waals surface area contributed by atoms with Gasteiger partial charge in [-0.1, -0.05) is 6.07 Å². The van der Waals surface area contributed by atoms with Crippen LogP contribution >= 0.6 is 11.8 Å². The Balaban J connectivity index is 1.90. The van der Waals surface area contributed by atoms with Gasteiger partial charge in [0, 0.05) is 30.3 Å². The van der Waals surface area contributed by atoms with Gasteiger partial charge in [0.15, 0.2) is 0 Å². The van der Waals surface area contributed by atoms with Crippen LogP contribution in [0.2, 0.25) is 0 Å². The van der Waals surface area contributed by atoms with Crippen molar-refractivity contribution in [3.05, 3.63) is 23.8 Å². The summed E-state index contributed by atoms with van der Waals surface area (Å²) in [4.78, 5) is 3.93. The Morgan fingerprint density at radius 3 is 2.94 bits per heavy atom. The van der Waals surface area contributed by atoms with E-state index < -0.39 is 0 Å². The molecule has 1 aromatic rings. The Hall–Kier alpha value is -0.670. The van der Waals surface area contributed by atoms with Crippen LogP contribution in [0.25, 0.3) is 0 Å². The summed E-state index contributed by atoms with van der Waals surface area (Å²) < 4.78 is 5.55. The van der Waals surface area contributed by atoms with Crippen molar-refractivity contribution in [1.29, 1.82) is 0 Å². The highest BCUT2D eigenvalue weighted by atomic mass is 32.2. The normalized spacial score (nSPS) is 30.8. The quantitative estimate of drug-likeness (QED) is 0.770. The van der Waals surface area contributed by atoms with E-state index in [1.165, 1.54) is 35.4 Å². The lowest BCUT2D eigenvalue weighted by atomic mass is 9.91. The zero-order valence-corrected chi connectivity index (χ0v) is 12.2. The molecule has 18 heavy (non-hydrogen) atoms. The van der Waals surface area contributed by atoms with Crippen LogP contribution in [0.4, 0.5) is 5.69 Å². The van der Waals surface area contributed by atoms with Crippen LogP contribution < -0.4 is 4.90 Å². The first-order valence-electron chi connectivity index (χ1n) is 6.72. The molecule has 2 nitrogen and oxygen atoms in total. The third-order valence-electron chi connectivity index (χ3n) is 4.31. The van der Waals surface area contributed by atoms with Crippen molar-refractivity contribution in [2.45, 2.75) is 48.5 Å². The van der Waals surface area contributed by atoms with Gasteiger partial charge in [-0.3, -0.25) is 0 Å². The molecule has 0 N–H and O–H groups in total. The van der Waals surface area contributed by atoms with Crippen LogP contribution in [0, 0.1) is 6.92 Å². The van der Waals surface area contributed by atoms with Crippen LogP contribution in [0.3, 0.4) is 0 Å². The molecule has 0 aromatic heterocycles. The monoisotopic (exact) mass is 263 g/mol. The lowest BCUT2D eigenvalue weighted by molar-refractivity contribution is 0.0680. The summed E-state index contributed by atoms with van der Waals surface area (Å²) >= 11 is 2.05. The maximum absolute atomic E-state index is 5.55. The Labute approximate surface area is 114 Å². The minimum Gasteiger partial charge on any atom is -0.381 e. The third-order valence-corrected chi connectivity index (χ3v) is 5.72. The Bertz CT molecular complexity index is 448. The van der Waals surface area contributed by atoms with Gasteiger partial charge in [-0.05, 0) is 43.9 Å². The first-order valence-corrected chi connectivity index (χ1v) is 7.60. The number of benzene rings is 1. The van der Waals surface area contributed by atoms with E-state index in [0.717, 1.165) is 0 Å². The predicted molar refractivity (Wildman–Crippen MR) is 77.7 cm³/mol. The lowest BCUT2D eigenvalue weighted by Gasteiger charge is -2.45. The standard InChI is InChI=1S/C15H21NOS/c1-10-4-7-14-13(8-10)16(2)12-6-5-11(17-3)9-15(12)18-14/h4,7-8,11-12,15H,5-6,9H2,1-3H3. The van der Waals surface area contributed by atoms with Gasteiger partial charge in [0.2, 0.25) is 0 Å². The molecule has 1 heterocycles. The molecule has 3 atom stereocenters. The van der Waals surface area contributed by atoms with E-state index in [1.807, 2.05) is 7.11 Å². The van der Waals surface area contributed by atoms with Gasteiger partial charge >= 0.3 is 0 Å². The van der Waals surface area contributed by atoms with Crippen molar-refractivity contribution < 1.29 is 4.74 Å². The Kier molecular flexibility index (Phi) is 3.29. The second-order valence-corrected chi connectivity index (χ2v) is 6.76. The topological polar surface area (TPSA) is 12.5 Å². The van der Waals surface area contributed by atoms with Gasteiger partial charge in [0.1, 0.15) is 0 Å². The van der Waals surface area contributed by atoms with Crippen LogP contribution in [-0.2, 0) is 4.74 Å². The molecule has 0 bridgehead atoms. The largest absolute Gasteiger partial charge is 0.381 e. The molecule has 0 saturated heterocycles. The molecule has 98 valence electrons. The van der Waals surface area contributed by atoms with Crippen LogP contribution in [-0.4, -0.2) is 31.6 Å². The Morgan fingerprint density at radius 2 is 2.17 bits per heavy atom.